The smallest absolute Gasteiger partial charge is 0.289 e. The zero-order chi connectivity index (χ0) is 18.8. The van der Waals surface area contributed by atoms with Gasteiger partial charge >= 0.3 is 0 Å². The maximum absolute atomic E-state index is 12.2. The summed E-state index contributed by atoms with van der Waals surface area (Å²) in [5, 5.41) is 19.8. The topological polar surface area (TPSA) is 65.9 Å². The van der Waals surface area contributed by atoms with Crippen LogP contribution >= 0.6 is 34.5 Å². The molecule has 0 atom stereocenters. The lowest BCUT2D eigenvalue weighted by Crippen LogP contribution is -2.34. The van der Waals surface area contributed by atoms with Crippen molar-refractivity contribution in [1.29, 1.82) is 0 Å². The van der Waals surface area contributed by atoms with E-state index in [4.69, 9.17) is 27.7 Å². The van der Waals surface area contributed by atoms with Gasteiger partial charge in [-0.15, -0.1) is 11.3 Å². The highest BCUT2D eigenvalue weighted by atomic mass is 35.5. The minimum absolute atomic E-state index is 0.264. The molecule has 0 radical (unpaired) electrons. The molecule has 27 heavy (non-hydrogen) atoms. The zero-order valence-electron chi connectivity index (χ0n) is 13.7. The third-order valence-electron chi connectivity index (χ3n) is 3.73. The Bertz CT molecular complexity index is 1100. The van der Waals surface area contributed by atoms with Crippen LogP contribution in [0.2, 0.25) is 10.0 Å². The predicted molar refractivity (Wildman–Crippen MR) is 104 cm³/mol. The molecule has 4 rings (SSSR count). The van der Waals surface area contributed by atoms with Crippen molar-refractivity contribution in [3.05, 3.63) is 74.5 Å². The number of hydrogen-bond acceptors (Lipinski definition) is 5. The van der Waals surface area contributed by atoms with Crippen molar-refractivity contribution in [3.63, 3.8) is 0 Å². The van der Waals surface area contributed by atoms with Crippen LogP contribution in [0.25, 0.3) is 29.2 Å². The van der Waals surface area contributed by atoms with Crippen molar-refractivity contribution in [2.24, 2.45) is 0 Å². The van der Waals surface area contributed by atoms with E-state index in [9.17, 15) is 5.11 Å². The Morgan fingerprint density at radius 3 is 2.33 bits per heavy atom. The Hall–Kier alpha value is -2.67. The molecule has 2 aromatic heterocycles. The third kappa shape index (κ3) is 3.88. The lowest BCUT2D eigenvalue weighted by molar-refractivity contribution is -0.660. The number of nitrogens with zero attached hydrogens (tertiary/aromatic N) is 3. The largest absolute Gasteiger partial charge is 0.539 e. The van der Waals surface area contributed by atoms with Gasteiger partial charge in [0, 0.05) is 27.6 Å². The summed E-state index contributed by atoms with van der Waals surface area (Å²) in [5.41, 5.74) is 2.42. The average Bonchev–Trinajstić information content (AvgIpc) is 3.28. The molecular formula is C19H11Cl2N3O2S. The molecule has 0 unspecified atom stereocenters. The van der Waals surface area contributed by atoms with E-state index in [2.05, 4.69) is 10.3 Å². The van der Waals surface area contributed by atoms with Gasteiger partial charge in [0.1, 0.15) is 5.01 Å². The Kier molecular flexibility index (Phi) is 4.94. The molecule has 2 aromatic carbocycles. The van der Waals surface area contributed by atoms with Crippen LogP contribution in [-0.2, 0) is 0 Å². The van der Waals surface area contributed by atoms with Crippen molar-refractivity contribution in [1.82, 2.24) is 10.3 Å². The zero-order valence-corrected chi connectivity index (χ0v) is 16.0. The summed E-state index contributed by atoms with van der Waals surface area (Å²) in [6.45, 7) is 0. The first-order chi connectivity index (χ1) is 13.1. The predicted octanol–water partition coefficient (Wildman–Crippen LogP) is 4.63. The van der Waals surface area contributed by atoms with Gasteiger partial charge in [0.2, 0.25) is 5.69 Å². The van der Waals surface area contributed by atoms with Crippen LogP contribution in [0.15, 0.2) is 58.4 Å². The van der Waals surface area contributed by atoms with Crippen molar-refractivity contribution in [2.45, 2.75) is 0 Å². The summed E-state index contributed by atoms with van der Waals surface area (Å²) >= 11 is 13.2. The normalized spacial score (nSPS) is 11.3. The van der Waals surface area contributed by atoms with Gasteiger partial charge < -0.3 is 9.63 Å². The lowest BCUT2D eigenvalue weighted by atomic mass is 10.2. The Morgan fingerprint density at radius 2 is 1.63 bits per heavy atom. The van der Waals surface area contributed by atoms with Gasteiger partial charge in [0.15, 0.2) is 11.6 Å². The molecule has 0 spiro atoms. The summed E-state index contributed by atoms with van der Waals surface area (Å²) < 4.78 is 6.26. The molecule has 0 bridgehead atoms. The van der Waals surface area contributed by atoms with Crippen molar-refractivity contribution >= 4 is 46.7 Å². The van der Waals surface area contributed by atoms with E-state index < -0.39 is 5.95 Å². The fraction of sp³-hybridized carbons (Fsp3) is 0. The highest BCUT2D eigenvalue weighted by Gasteiger charge is 2.24. The average molecular weight is 416 g/mol. The fourth-order valence-corrected chi connectivity index (χ4v) is 3.38. The lowest BCUT2D eigenvalue weighted by Gasteiger charge is -1.95. The molecule has 4 aromatic rings. The number of benzene rings is 2. The first kappa shape index (κ1) is 17.7. The van der Waals surface area contributed by atoms with Gasteiger partial charge in [0.25, 0.3) is 5.69 Å². The van der Waals surface area contributed by atoms with Gasteiger partial charge in [-0.05, 0) is 40.6 Å². The molecule has 8 heteroatoms. The van der Waals surface area contributed by atoms with Crippen LogP contribution in [0.5, 0.6) is 5.95 Å². The van der Waals surface area contributed by atoms with E-state index in [-0.39, 0.29) is 5.69 Å². The van der Waals surface area contributed by atoms with Gasteiger partial charge in [0.05, 0.1) is 5.27 Å². The molecule has 134 valence electrons. The van der Waals surface area contributed by atoms with Crippen LogP contribution in [-0.4, -0.2) is 10.3 Å². The van der Waals surface area contributed by atoms with E-state index in [1.807, 2.05) is 36.4 Å². The molecule has 0 fully saturated rings. The Balaban J connectivity index is 1.64. The monoisotopic (exact) mass is 415 g/mol. The van der Waals surface area contributed by atoms with Crippen LogP contribution in [0.3, 0.4) is 0 Å². The van der Waals surface area contributed by atoms with Gasteiger partial charge in [-0.25, -0.2) is 4.98 Å². The van der Waals surface area contributed by atoms with Gasteiger partial charge in [-0.2, -0.15) is 0 Å². The van der Waals surface area contributed by atoms with E-state index in [1.165, 1.54) is 16.0 Å². The number of rotatable bonds is 4. The number of halogens is 2. The summed E-state index contributed by atoms with van der Waals surface area (Å²) in [6, 6.07) is 14.4. The molecular weight excluding hydrogens is 405 g/mol. The summed E-state index contributed by atoms with van der Waals surface area (Å²) in [5.74, 6) is -0.552. The molecule has 0 amide bonds. The molecule has 2 heterocycles. The van der Waals surface area contributed by atoms with Crippen LogP contribution in [0.1, 0.15) is 10.6 Å². The van der Waals surface area contributed by atoms with E-state index in [0.29, 0.717) is 21.4 Å². The van der Waals surface area contributed by atoms with E-state index >= 15 is 0 Å². The fourth-order valence-electron chi connectivity index (χ4n) is 2.43. The summed E-state index contributed by atoms with van der Waals surface area (Å²) in [4.78, 5) is 4.51. The first-order valence-electron chi connectivity index (χ1n) is 7.85. The highest BCUT2D eigenvalue weighted by molar-refractivity contribution is 7.10. The van der Waals surface area contributed by atoms with Crippen molar-refractivity contribution in [3.8, 4) is 23.0 Å². The van der Waals surface area contributed by atoms with E-state index in [0.717, 1.165) is 10.6 Å². The SMILES string of the molecule is [O-]c1on[n+](-c2ccc(Cl)cc2)c1-c1csc(/C=C/c2ccc(Cl)cc2)n1. The second-order valence-electron chi connectivity index (χ2n) is 5.55. The minimum Gasteiger partial charge on any atom is -0.539 e. The van der Waals surface area contributed by atoms with E-state index in [1.54, 1.807) is 29.6 Å². The second kappa shape index (κ2) is 7.52. The van der Waals surface area contributed by atoms with Gasteiger partial charge in [-0.1, -0.05) is 41.4 Å². The van der Waals surface area contributed by atoms with Crippen LogP contribution in [0.4, 0.5) is 0 Å². The molecule has 0 saturated heterocycles. The maximum atomic E-state index is 12.2. The highest BCUT2D eigenvalue weighted by Crippen LogP contribution is 2.27. The second-order valence-corrected chi connectivity index (χ2v) is 7.32. The Morgan fingerprint density at radius 1 is 0.963 bits per heavy atom. The third-order valence-corrected chi connectivity index (χ3v) is 5.05. The van der Waals surface area contributed by atoms with Crippen molar-refractivity contribution in [2.75, 3.05) is 0 Å². The number of hydrogen-bond donors (Lipinski definition) is 0. The molecule has 5 nitrogen and oxygen atoms in total. The quantitative estimate of drug-likeness (QED) is 0.455. The minimum atomic E-state index is -0.552. The molecule has 0 saturated carbocycles. The molecule has 0 aliphatic carbocycles. The molecule has 0 N–H and O–H groups in total. The van der Waals surface area contributed by atoms with Crippen LogP contribution < -0.4 is 9.79 Å². The van der Waals surface area contributed by atoms with Crippen molar-refractivity contribution < 1.29 is 14.3 Å². The first-order valence-corrected chi connectivity index (χ1v) is 9.48. The summed E-state index contributed by atoms with van der Waals surface area (Å²) in [7, 11) is 0. The standard InChI is InChI=1S/C19H11Cl2N3O2S/c20-13-4-1-12(2-5-13)3-10-17-22-16(11-27-17)18-19(25)26-23-24(18)15-8-6-14(21)7-9-15/h1-11H/b10-3+. The number of aromatic nitrogens is 3. The maximum Gasteiger partial charge on any atom is 0.289 e. The molecule has 0 aliphatic heterocycles. The van der Waals surface area contributed by atoms with Crippen LogP contribution in [0, 0.1) is 0 Å². The summed E-state index contributed by atoms with van der Waals surface area (Å²) in [6.07, 6.45) is 3.81. The number of thiazole rings is 1. The Labute approximate surface area is 168 Å². The van der Waals surface area contributed by atoms with Gasteiger partial charge in [-0.3, -0.25) is 0 Å². The molecule has 0 aliphatic rings.